The number of anilines is 1. The molecule has 0 spiro atoms. The van der Waals surface area contributed by atoms with E-state index in [4.69, 9.17) is 0 Å². The Morgan fingerprint density at radius 2 is 1.81 bits per heavy atom. The van der Waals surface area contributed by atoms with Crippen LogP contribution < -0.4 is 10.6 Å². The van der Waals surface area contributed by atoms with Crippen molar-refractivity contribution >= 4 is 11.6 Å². The molecule has 0 aliphatic carbocycles. The maximum atomic E-state index is 13.3. The Hall–Kier alpha value is -2.43. The minimum absolute atomic E-state index is 0.131. The SMILES string of the molecule is O=C(CCNc1ccc(F)cc1F)NCc1ccccc1. The minimum Gasteiger partial charge on any atom is -0.382 e. The number of carbonyl (C=O) groups is 1. The molecule has 0 saturated heterocycles. The lowest BCUT2D eigenvalue weighted by molar-refractivity contribution is -0.121. The number of hydrogen-bond donors (Lipinski definition) is 2. The van der Waals surface area contributed by atoms with Crippen LogP contribution in [-0.4, -0.2) is 12.5 Å². The zero-order valence-electron chi connectivity index (χ0n) is 11.4. The standard InChI is InChI=1S/C16H16F2N2O/c17-13-6-7-15(14(18)10-13)19-9-8-16(21)20-11-12-4-2-1-3-5-12/h1-7,10,19H,8-9,11H2,(H,20,21). The van der Waals surface area contributed by atoms with Crippen LogP contribution in [0.1, 0.15) is 12.0 Å². The summed E-state index contributed by atoms with van der Waals surface area (Å²) in [6.07, 6.45) is 0.212. The predicted octanol–water partition coefficient (Wildman–Crippen LogP) is 3.08. The normalized spacial score (nSPS) is 10.2. The molecule has 0 radical (unpaired) electrons. The topological polar surface area (TPSA) is 41.1 Å². The fourth-order valence-electron chi connectivity index (χ4n) is 1.83. The third-order valence-corrected chi connectivity index (χ3v) is 2.93. The van der Waals surface area contributed by atoms with Crippen molar-refractivity contribution in [3.8, 4) is 0 Å². The number of hydrogen-bond acceptors (Lipinski definition) is 2. The van der Waals surface area contributed by atoms with Gasteiger partial charge in [0.1, 0.15) is 11.6 Å². The molecule has 0 saturated carbocycles. The van der Waals surface area contributed by atoms with E-state index in [1.165, 1.54) is 12.1 Å². The van der Waals surface area contributed by atoms with Crippen molar-refractivity contribution in [3.05, 3.63) is 65.7 Å². The van der Waals surface area contributed by atoms with Gasteiger partial charge in [0.25, 0.3) is 0 Å². The van der Waals surface area contributed by atoms with Gasteiger partial charge in [-0.1, -0.05) is 30.3 Å². The number of amides is 1. The molecule has 0 aromatic heterocycles. The Morgan fingerprint density at radius 1 is 1.05 bits per heavy atom. The van der Waals surface area contributed by atoms with Gasteiger partial charge in [-0.2, -0.15) is 0 Å². The highest BCUT2D eigenvalue weighted by molar-refractivity contribution is 5.76. The van der Waals surface area contributed by atoms with Gasteiger partial charge in [0, 0.05) is 25.6 Å². The van der Waals surface area contributed by atoms with Crippen molar-refractivity contribution in [1.82, 2.24) is 5.32 Å². The van der Waals surface area contributed by atoms with E-state index >= 15 is 0 Å². The maximum Gasteiger partial charge on any atom is 0.222 e. The molecule has 5 heteroatoms. The van der Waals surface area contributed by atoms with Crippen LogP contribution in [0.25, 0.3) is 0 Å². The largest absolute Gasteiger partial charge is 0.382 e. The van der Waals surface area contributed by atoms with Gasteiger partial charge < -0.3 is 10.6 Å². The molecule has 2 rings (SSSR count). The smallest absolute Gasteiger partial charge is 0.222 e. The van der Waals surface area contributed by atoms with E-state index in [0.717, 1.165) is 11.6 Å². The summed E-state index contributed by atoms with van der Waals surface area (Å²) in [5, 5.41) is 5.54. The van der Waals surface area contributed by atoms with Gasteiger partial charge in [-0.05, 0) is 17.7 Å². The zero-order chi connectivity index (χ0) is 15.1. The summed E-state index contributed by atoms with van der Waals surface area (Å²) in [7, 11) is 0. The summed E-state index contributed by atoms with van der Waals surface area (Å²) in [5.74, 6) is -1.42. The lowest BCUT2D eigenvalue weighted by Crippen LogP contribution is -2.24. The highest BCUT2D eigenvalue weighted by Gasteiger charge is 2.05. The molecule has 21 heavy (non-hydrogen) atoms. The zero-order valence-corrected chi connectivity index (χ0v) is 11.4. The first-order valence-electron chi connectivity index (χ1n) is 6.65. The molecule has 0 atom stereocenters. The van der Waals surface area contributed by atoms with E-state index in [1.54, 1.807) is 0 Å². The monoisotopic (exact) mass is 290 g/mol. The first-order valence-corrected chi connectivity index (χ1v) is 6.65. The summed E-state index contributed by atoms with van der Waals surface area (Å²) in [6.45, 7) is 0.744. The highest BCUT2D eigenvalue weighted by atomic mass is 19.1. The lowest BCUT2D eigenvalue weighted by Gasteiger charge is -2.08. The van der Waals surface area contributed by atoms with Crippen molar-refractivity contribution in [2.45, 2.75) is 13.0 Å². The van der Waals surface area contributed by atoms with Gasteiger partial charge in [-0.3, -0.25) is 4.79 Å². The van der Waals surface area contributed by atoms with E-state index in [-0.39, 0.29) is 24.6 Å². The molecule has 0 unspecified atom stereocenters. The van der Waals surface area contributed by atoms with Crippen LogP contribution in [0.5, 0.6) is 0 Å². The van der Waals surface area contributed by atoms with Gasteiger partial charge in [0.2, 0.25) is 5.91 Å². The minimum atomic E-state index is -0.667. The number of nitrogens with one attached hydrogen (secondary N) is 2. The second-order valence-electron chi connectivity index (χ2n) is 4.56. The molecule has 0 heterocycles. The van der Waals surface area contributed by atoms with E-state index in [2.05, 4.69) is 10.6 Å². The average Bonchev–Trinajstić information content (AvgIpc) is 2.48. The van der Waals surface area contributed by atoms with Crippen LogP contribution in [0.3, 0.4) is 0 Å². The van der Waals surface area contributed by atoms with Crippen LogP contribution in [0.15, 0.2) is 48.5 Å². The number of rotatable bonds is 6. The molecule has 2 N–H and O–H groups in total. The van der Waals surface area contributed by atoms with Crippen LogP contribution in [0, 0.1) is 11.6 Å². The highest BCUT2D eigenvalue weighted by Crippen LogP contribution is 2.14. The van der Waals surface area contributed by atoms with Gasteiger partial charge in [-0.25, -0.2) is 8.78 Å². The Balaban J connectivity index is 1.72. The average molecular weight is 290 g/mol. The lowest BCUT2D eigenvalue weighted by atomic mass is 10.2. The first kappa shape index (κ1) is 15.0. The van der Waals surface area contributed by atoms with Gasteiger partial charge in [0.15, 0.2) is 0 Å². The summed E-state index contributed by atoms with van der Waals surface area (Å²) in [5.41, 5.74) is 1.20. The molecule has 3 nitrogen and oxygen atoms in total. The molecule has 0 bridgehead atoms. The molecule has 0 aliphatic rings. The van der Waals surface area contributed by atoms with E-state index in [9.17, 15) is 13.6 Å². The second kappa shape index (κ2) is 7.38. The van der Waals surface area contributed by atoms with Crippen molar-refractivity contribution < 1.29 is 13.6 Å². The Bertz CT molecular complexity index is 602. The van der Waals surface area contributed by atoms with Crippen molar-refractivity contribution in [2.24, 2.45) is 0 Å². The molecule has 110 valence electrons. The van der Waals surface area contributed by atoms with Crippen molar-refractivity contribution in [2.75, 3.05) is 11.9 Å². The third-order valence-electron chi connectivity index (χ3n) is 2.93. The van der Waals surface area contributed by atoms with E-state index < -0.39 is 11.6 Å². The molecule has 1 amide bonds. The van der Waals surface area contributed by atoms with E-state index in [1.807, 2.05) is 30.3 Å². The predicted molar refractivity (Wildman–Crippen MR) is 77.8 cm³/mol. The summed E-state index contributed by atoms with van der Waals surface area (Å²) < 4.78 is 26.1. The molecule has 2 aromatic carbocycles. The van der Waals surface area contributed by atoms with Crippen molar-refractivity contribution in [1.29, 1.82) is 0 Å². The number of carbonyl (C=O) groups excluding carboxylic acids is 1. The summed E-state index contributed by atoms with van der Waals surface area (Å²) >= 11 is 0. The second-order valence-corrected chi connectivity index (χ2v) is 4.56. The molecule has 2 aromatic rings. The van der Waals surface area contributed by atoms with Crippen LogP contribution in [0.2, 0.25) is 0 Å². The summed E-state index contributed by atoms with van der Waals surface area (Å²) in [4.78, 5) is 11.6. The van der Waals surface area contributed by atoms with Gasteiger partial charge >= 0.3 is 0 Å². The Kier molecular flexibility index (Phi) is 5.26. The number of halogens is 2. The first-order chi connectivity index (χ1) is 10.1. The summed E-state index contributed by atoms with van der Waals surface area (Å²) in [6, 6.07) is 12.8. The van der Waals surface area contributed by atoms with Crippen LogP contribution >= 0.6 is 0 Å². The fourth-order valence-corrected chi connectivity index (χ4v) is 1.83. The number of benzene rings is 2. The van der Waals surface area contributed by atoms with Crippen molar-refractivity contribution in [3.63, 3.8) is 0 Å². The van der Waals surface area contributed by atoms with Crippen LogP contribution in [0.4, 0.5) is 14.5 Å². The third kappa shape index (κ3) is 4.87. The molecular weight excluding hydrogens is 274 g/mol. The molecular formula is C16H16F2N2O. The maximum absolute atomic E-state index is 13.3. The Morgan fingerprint density at radius 3 is 2.52 bits per heavy atom. The Labute approximate surface area is 122 Å². The van der Waals surface area contributed by atoms with Crippen LogP contribution in [-0.2, 0) is 11.3 Å². The van der Waals surface area contributed by atoms with Gasteiger partial charge in [0.05, 0.1) is 5.69 Å². The van der Waals surface area contributed by atoms with Gasteiger partial charge in [-0.15, -0.1) is 0 Å². The quantitative estimate of drug-likeness (QED) is 0.858. The van der Waals surface area contributed by atoms with E-state index in [0.29, 0.717) is 6.54 Å². The fraction of sp³-hybridized carbons (Fsp3) is 0.188. The molecule has 0 fully saturated rings. The molecule has 0 aliphatic heterocycles.